The van der Waals surface area contributed by atoms with E-state index in [2.05, 4.69) is 28.5 Å². The fraction of sp³-hybridized carbons (Fsp3) is 0.444. The van der Waals surface area contributed by atoms with E-state index in [1.165, 1.54) is 11.8 Å². The fourth-order valence-corrected chi connectivity index (χ4v) is 5.54. The van der Waals surface area contributed by atoms with Crippen LogP contribution >= 0.6 is 11.8 Å². The number of aryl methyl sites for hydroxylation is 2. The van der Waals surface area contributed by atoms with E-state index in [4.69, 9.17) is 0 Å². The molecule has 2 atom stereocenters. The minimum absolute atomic E-state index is 0.0350. The number of hydrogen-bond acceptors (Lipinski definition) is 5. The molecule has 3 rings (SSSR count). The van der Waals surface area contributed by atoms with E-state index >= 15 is 0 Å². The molecule has 1 amide bonds. The molecule has 2 heterocycles. The number of carbonyl (C=O) groups excluding carboxylic acids is 1. The van der Waals surface area contributed by atoms with Crippen LogP contribution < -0.4 is 5.32 Å². The van der Waals surface area contributed by atoms with Gasteiger partial charge in [-0.2, -0.15) is 0 Å². The van der Waals surface area contributed by atoms with Crippen LogP contribution in [0.5, 0.6) is 0 Å². The van der Waals surface area contributed by atoms with E-state index in [-0.39, 0.29) is 28.7 Å². The number of carbonyl (C=O) groups is 1. The predicted octanol–water partition coefficient (Wildman–Crippen LogP) is 2.27. The lowest BCUT2D eigenvalue weighted by Crippen LogP contribution is -2.40. The molecule has 26 heavy (non-hydrogen) atoms. The number of imidazole rings is 1. The van der Waals surface area contributed by atoms with Crippen molar-refractivity contribution in [2.75, 3.05) is 11.5 Å². The number of sulfone groups is 1. The van der Waals surface area contributed by atoms with Crippen LogP contribution in [0, 0.1) is 13.8 Å². The summed E-state index contributed by atoms with van der Waals surface area (Å²) in [6.07, 6.45) is 4.10. The van der Waals surface area contributed by atoms with Crippen molar-refractivity contribution in [3.63, 3.8) is 0 Å². The molecule has 0 radical (unpaired) electrons. The molecule has 0 spiro atoms. The Morgan fingerprint density at radius 1 is 1.38 bits per heavy atom. The Bertz CT molecular complexity index is 922. The molecule has 1 N–H and O–H groups in total. The van der Waals surface area contributed by atoms with Crippen molar-refractivity contribution in [3.05, 3.63) is 41.7 Å². The summed E-state index contributed by atoms with van der Waals surface area (Å²) in [6.45, 7) is 5.89. The van der Waals surface area contributed by atoms with Crippen molar-refractivity contribution in [3.8, 4) is 5.69 Å². The summed E-state index contributed by atoms with van der Waals surface area (Å²) in [5.41, 5.74) is 3.33. The Balaban J connectivity index is 1.71. The van der Waals surface area contributed by atoms with E-state index in [0.29, 0.717) is 6.42 Å². The summed E-state index contributed by atoms with van der Waals surface area (Å²) in [6, 6.07) is 5.94. The van der Waals surface area contributed by atoms with Crippen molar-refractivity contribution in [1.29, 1.82) is 0 Å². The molecule has 1 fully saturated rings. The largest absolute Gasteiger partial charge is 0.351 e. The Hall–Kier alpha value is -1.80. The van der Waals surface area contributed by atoms with Crippen molar-refractivity contribution in [2.24, 2.45) is 0 Å². The van der Waals surface area contributed by atoms with Gasteiger partial charge in [0, 0.05) is 18.4 Å². The first-order valence-corrected chi connectivity index (χ1v) is 11.2. The predicted molar refractivity (Wildman–Crippen MR) is 104 cm³/mol. The summed E-state index contributed by atoms with van der Waals surface area (Å²) >= 11 is 1.37. The second-order valence-corrected chi connectivity index (χ2v) is 10.3. The van der Waals surface area contributed by atoms with E-state index in [1.54, 1.807) is 6.20 Å². The molecule has 1 aliphatic rings. The van der Waals surface area contributed by atoms with Crippen LogP contribution in [0.15, 0.2) is 35.7 Å². The third-order valence-electron chi connectivity index (χ3n) is 4.46. The van der Waals surface area contributed by atoms with Gasteiger partial charge in [0.05, 0.1) is 22.4 Å². The first kappa shape index (κ1) is 19.0. The monoisotopic (exact) mass is 393 g/mol. The van der Waals surface area contributed by atoms with Crippen LogP contribution in [0.1, 0.15) is 24.5 Å². The maximum atomic E-state index is 12.4. The topological polar surface area (TPSA) is 81.1 Å². The highest BCUT2D eigenvalue weighted by Gasteiger charge is 2.30. The Kier molecular flexibility index (Phi) is 5.43. The summed E-state index contributed by atoms with van der Waals surface area (Å²) in [7, 11) is -3.01. The second kappa shape index (κ2) is 7.44. The molecular formula is C18H23N3O3S2. The normalized spacial score (nSPS) is 20.0. The van der Waals surface area contributed by atoms with Gasteiger partial charge >= 0.3 is 0 Å². The van der Waals surface area contributed by atoms with E-state index in [9.17, 15) is 13.2 Å². The Morgan fingerprint density at radius 2 is 2.15 bits per heavy atom. The third-order valence-corrected chi connectivity index (χ3v) is 7.31. The average Bonchev–Trinajstić information content (AvgIpc) is 3.15. The van der Waals surface area contributed by atoms with Gasteiger partial charge in [-0.3, -0.25) is 9.36 Å². The van der Waals surface area contributed by atoms with Gasteiger partial charge < -0.3 is 5.32 Å². The molecule has 2 aromatic rings. The van der Waals surface area contributed by atoms with Crippen LogP contribution in [0.25, 0.3) is 5.69 Å². The third kappa shape index (κ3) is 4.29. The molecule has 1 aliphatic heterocycles. The number of rotatable bonds is 5. The molecule has 6 nitrogen and oxygen atoms in total. The zero-order valence-electron chi connectivity index (χ0n) is 15.1. The lowest BCUT2D eigenvalue weighted by atomic mass is 10.1. The van der Waals surface area contributed by atoms with Gasteiger partial charge in [-0.15, -0.1) is 0 Å². The van der Waals surface area contributed by atoms with Crippen LogP contribution in [0.3, 0.4) is 0 Å². The SMILES string of the molecule is Cc1ccc(C)c(-n2ccnc2SC(C)C(=O)NC2CCS(=O)(=O)C2)c1. The van der Waals surface area contributed by atoms with Crippen LogP contribution in [0.4, 0.5) is 0 Å². The first-order chi connectivity index (χ1) is 12.2. The maximum Gasteiger partial charge on any atom is 0.233 e. The van der Waals surface area contributed by atoms with Gasteiger partial charge in [0.15, 0.2) is 15.0 Å². The standard InChI is InChI=1S/C18H23N3O3S2/c1-12-4-5-13(2)16(10-12)21-8-7-19-18(21)25-14(3)17(22)20-15-6-9-26(23,24)11-15/h4-5,7-8,10,14-15H,6,9,11H2,1-3H3,(H,20,22). The van der Waals surface area contributed by atoms with Gasteiger partial charge in [0.2, 0.25) is 5.91 Å². The fourth-order valence-electron chi connectivity index (χ4n) is 2.98. The molecule has 1 aromatic carbocycles. The molecule has 2 unspecified atom stereocenters. The van der Waals surface area contributed by atoms with E-state index < -0.39 is 9.84 Å². The van der Waals surface area contributed by atoms with Gasteiger partial charge in [-0.1, -0.05) is 23.9 Å². The van der Waals surface area contributed by atoms with Crippen molar-refractivity contribution in [2.45, 2.75) is 43.6 Å². The number of aromatic nitrogens is 2. The van der Waals surface area contributed by atoms with Crippen molar-refractivity contribution < 1.29 is 13.2 Å². The summed E-state index contributed by atoms with van der Waals surface area (Å²) < 4.78 is 25.1. The highest BCUT2D eigenvalue weighted by molar-refractivity contribution is 8.00. The highest BCUT2D eigenvalue weighted by atomic mass is 32.2. The minimum atomic E-state index is -3.01. The van der Waals surface area contributed by atoms with E-state index in [1.807, 2.05) is 31.5 Å². The molecule has 1 saturated heterocycles. The van der Waals surface area contributed by atoms with Gasteiger partial charge in [0.1, 0.15) is 0 Å². The second-order valence-electron chi connectivity index (χ2n) is 6.74. The number of thioether (sulfide) groups is 1. The number of nitrogens with one attached hydrogen (secondary N) is 1. The number of nitrogens with zero attached hydrogens (tertiary/aromatic N) is 2. The Labute approximate surface area is 158 Å². The van der Waals surface area contributed by atoms with Crippen LogP contribution in [-0.2, 0) is 14.6 Å². The zero-order chi connectivity index (χ0) is 18.9. The average molecular weight is 394 g/mol. The molecular weight excluding hydrogens is 370 g/mol. The molecule has 0 bridgehead atoms. The summed E-state index contributed by atoms with van der Waals surface area (Å²) in [5, 5.41) is 3.22. The minimum Gasteiger partial charge on any atom is -0.351 e. The number of amides is 1. The summed E-state index contributed by atoms with van der Waals surface area (Å²) in [5.74, 6) is 0.0247. The Morgan fingerprint density at radius 3 is 2.85 bits per heavy atom. The molecule has 8 heteroatoms. The summed E-state index contributed by atoms with van der Waals surface area (Å²) in [4.78, 5) is 16.8. The number of hydrogen-bond donors (Lipinski definition) is 1. The molecule has 1 aromatic heterocycles. The zero-order valence-corrected chi connectivity index (χ0v) is 16.7. The molecule has 140 valence electrons. The molecule has 0 saturated carbocycles. The maximum absolute atomic E-state index is 12.4. The van der Waals surface area contributed by atoms with Crippen LogP contribution in [-0.4, -0.2) is 46.7 Å². The van der Waals surface area contributed by atoms with Crippen LogP contribution in [0.2, 0.25) is 0 Å². The lowest BCUT2D eigenvalue weighted by molar-refractivity contribution is -0.120. The van der Waals surface area contributed by atoms with Crippen molar-refractivity contribution in [1.82, 2.24) is 14.9 Å². The van der Waals surface area contributed by atoms with Gasteiger partial charge in [0.25, 0.3) is 0 Å². The quantitative estimate of drug-likeness (QED) is 0.788. The van der Waals surface area contributed by atoms with Gasteiger partial charge in [-0.05, 0) is 44.4 Å². The highest BCUT2D eigenvalue weighted by Crippen LogP contribution is 2.27. The smallest absolute Gasteiger partial charge is 0.233 e. The number of benzene rings is 1. The molecule has 0 aliphatic carbocycles. The first-order valence-electron chi connectivity index (χ1n) is 8.53. The van der Waals surface area contributed by atoms with E-state index in [0.717, 1.165) is 22.0 Å². The lowest BCUT2D eigenvalue weighted by Gasteiger charge is -2.17. The van der Waals surface area contributed by atoms with Gasteiger partial charge in [-0.25, -0.2) is 13.4 Å². The van der Waals surface area contributed by atoms with Crippen molar-refractivity contribution >= 4 is 27.5 Å².